The summed E-state index contributed by atoms with van der Waals surface area (Å²) < 4.78 is 16.8. The lowest BCUT2D eigenvalue weighted by Gasteiger charge is -2.24. The van der Waals surface area contributed by atoms with E-state index in [4.69, 9.17) is 14.2 Å². The van der Waals surface area contributed by atoms with Gasteiger partial charge in [-0.2, -0.15) is 0 Å². The minimum Gasteiger partial charge on any atom is -0.492 e. The Morgan fingerprint density at radius 3 is 2.89 bits per heavy atom. The molecule has 0 unspecified atom stereocenters. The number of rotatable bonds is 7. The van der Waals surface area contributed by atoms with Gasteiger partial charge in [-0.25, -0.2) is 4.79 Å². The summed E-state index contributed by atoms with van der Waals surface area (Å²) in [4.78, 5) is 15.9. The summed E-state index contributed by atoms with van der Waals surface area (Å²) in [5.74, 6) is 0.864. The van der Waals surface area contributed by atoms with Crippen LogP contribution < -0.4 is 4.74 Å². The first kappa shape index (κ1) is 21.5. The number of hydrogen-bond donors (Lipinski definition) is 0. The van der Waals surface area contributed by atoms with E-state index in [1.165, 1.54) is 6.42 Å². The van der Waals surface area contributed by atoms with Gasteiger partial charge in [0.25, 0.3) is 0 Å². The normalized spacial score (nSPS) is 15.9. The summed E-state index contributed by atoms with van der Waals surface area (Å²) >= 11 is 0. The van der Waals surface area contributed by atoms with Crippen LogP contribution in [0.3, 0.4) is 0 Å². The molecular formula is C21H34N2O4. The lowest BCUT2D eigenvalue weighted by atomic mass is 10.1. The number of amides is 1. The van der Waals surface area contributed by atoms with Gasteiger partial charge >= 0.3 is 6.09 Å². The zero-order valence-electron chi connectivity index (χ0n) is 17.2. The SMILES string of the molecule is CN(CCc1cccc(OCCN2CCCCOC2)c1)C(=O)OC(C)(C)C. The summed E-state index contributed by atoms with van der Waals surface area (Å²) in [6, 6.07) is 8.06. The third-order valence-electron chi connectivity index (χ3n) is 4.30. The molecule has 1 saturated heterocycles. The Morgan fingerprint density at radius 1 is 1.30 bits per heavy atom. The molecule has 1 amide bonds. The third-order valence-corrected chi connectivity index (χ3v) is 4.30. The lowest BCUT2D eigenvalue weighted by molar-refractivity contribution is 0.0300. The lowest BCUT2D eigenvalue weighted by Crippen LogP contribution is -2.35. The van der Waals surface area contributed by atoms with Crippen molar-refractivity contribution < 1.29 is 19.0 Å². The van der Waals surface area contributed by atoms with E-state index in [-0.39, 0.29) is 6.09 Å². The van der Waals surface area contributed by atoms with Crippen LogP contribution in [0.15, 0.2) is 24.3 Å². The van der Waals surface area contributed by atoms with Crippen LogP contribution in [-0.2, 0) is 15.9 Å². The van der Waals surface area contributed by atoms with Gasteiger partial charge in [-0.1, -0.05) is 12.1 Å². The van der Waals surface area contributed by atoms with Crippen LogP contribution in [0.2, 0.25) is 0 Å². The highest BCUT2D eigenvalue weighted by Gasteiger charge is 2.19. The number of benzene rings is 1. The average Bonchev–Trinajstić information content (AvgIpc) is 2.87. The molecule has 2 rings (SSSR count). The number of hydrogen-bond acceptors (Lipinski definition) is 5. The third kappa shape index (κ3) is 8.63. The summed E-state index contributed by atoms with van der Waals surface area (Å²) in [7, 11) is 1.76. The van der Waals surface area contributed by atoms with Crippen molar-refractivity contribution in [2.45, 2.75) is 45.6 Å². The second kappa shape index (κ2) is 10.5. The molecule has 0 bridgehead atoms. The van der Waals surface area contributed by atoms with E-state index >= 15 is 0 Å². The van der Waals surface area contributed by atoms with Crippen molar-refractivity contribution in [3.8, 4) is 5.75 Å². The second-order valence-corrected chi connectivity index (χ2v) is 8.01. The molecule has 0 N–H and O–H groups in total. The van der Waals surface area contributed by atoms with Crippen LogP contribution >= 0.6 is 0 Å². The molecule has 1 aromatic carbocycles. The molecule has 152 valence electrons. The fraction of sp³-hybridized carbons (Fsp3) is 0.667. The molecule has 0 spiro atoms. The minimum absolute atomic E-state index is 0.297. The maximum absolute atomic E-state index is 12.0. The van der Waals surface area contributed by atoms with Crippen molar-refractivity contribution >= 4 is 6.09 Å². The molecule has 6 heteroatoms. The van der Waals surface area contributed by atoms with E-state index in [0.717, 1.165) is 43.9 Å². The summed E-state index contributed by atoms with van der Waals surface area (Å²) in [6.07, 6.45) is 2.78. The zero-order valence-corrected chi connectivity index (χ0v) is 17.2. The van der Waals surface area contributed by atoms with Crippen molar-refractivity contribution in [1.82, 2.24) is 9.80 Å². The van der Waals surface area contributed by atoms with Crippen molar-refractivity contribution in [3.05, 3.63) is 29.8 Å². The molecule has 0 aromatic heterocycles. The number of carbonyl (C=O) groups is 1. The summed E-state index contributed by atoms with van der Waals surface area (Å²) in [5.41, 5.74) is 0.665. The van der Waals surface area contributed by atoms with Gasteiger partial charge in [0.1, 0.15) is 18.0 Å². The van der Waals surface area contributed by atoms with Gasteiger partial charge in [-0.15, -0.1) is 0 Å². The first-order valence-corrected chi connectivity index (χ1v) is 9.79. The van der Waals surface area contributed by atoms with E-state index in [9.17, 15) is 4.79 Å². The van der Waals surface area contributed by atoms with Crippen molar-refractivity contribution in [2.24, 2.45) is 0 Å². The Morgan fingerprint density at radius 2 is 2.11 bits per heavy atom. The topological polar surface area (TPSA) is 51.2 Å². The molecule has 1 aliphatic rings. The molecule has 27 heavy (non-hydrogen) atoms. The van der Waals surface area contributed by atoms with Crippen molar-refractivity contribution in [1.29, 1.82) is 0 Å². The highest BCUT2D eigenvalue weighted by Crippen LogP contribution is 2.15. The molecular weight excluding hydrogens is 344 g/mol. The van der Waals surface area contributed by atoms with Crippen LogP contribution in [0.4, 0.5) is 4.79 Å². The molecule has 0 saturated carbocycles. The molecule has 1 aliphatic heterocycles. The maximum Gasteiger partial charge on any atom is 0.410 e. The monoisotopic (exact) mass is 378 g/mol. The van der Waals surface area contributed by atoms with Crippen molar-refractivity contribution in [2.75, 3.05) is 46.6 Å². The van der Waals surface area contributed by atoms with Crippen LogP contribution in [0.25, 0.3) is 0 Å². The Bertz CT molecular complexity index is 578. The van der Waals surface area contributed by atoms with Crippen LogP contribution in [0, 0.1) is 0 Å². The largest absolute Gasteiger partial charge is 0.492 e. The predicted molar refractivity (Wildman–Crippen MR) is 106 cm³/mol. The van der Waals surface area contributed by atoms with Crippen LogP contribution in [0.1, 0.15) is 39.2 Å². The number of nitrogens with zero attached hydrogens (tertiary/aromatic N) is 2. The first-order chi connectivity index (χ1) is 12.8. The quantitative estimate of drug-likeness (QED) is 0.726. The molecule has 0 radical (unpaired) electrons. The second-order valence-electron chi connectivity index (χ2n) is 8.01. The fourth-order valence-corrected chi connectivity index (χ4v) is 2.79. The van der Waals surface area contributed by atoms with Gasteiger partial charge in [0.15, 0.2) is 0 Å². The Labute approximate surface area is 163 Å². The van der Waals surface area contributed by atoms with E-state index in [2.05, 4.69) is 11.0 Å². The first-order valence-electron chi connectivity index (χ1n) is 9.79. The molecule has 6 nitrogen and oxygen atoms in total. The maximum atomic E-state index is 12.0. The molecule has 0 aliphatic carbocycles. The Balaban J connectivity index is 1.74. The van der Waals surface area contributed by atoms with Gasteiger partial charge in [0, 0.05) is 33.3 Å². The summed E-state index contributed by atoms with van der Waals surface area (Å²) in [5, 5.41) is 0. The molecule has 1 heterocycles. The minimum atomic E-state index is -0.475. The van der Waals surface area contributed by atoms with E-state index in [0.29, 0.717) is 19.9 Å². The van der Waals surface area contributed by atoms with Crippen molar-refractivity contribution in [3.63, 3.8) is 0 Å². The molecule has 0 atom stereocenters. The average molecular weight is 379 g/mol. The van der Waals surface area contributed by atoms with E-state index < -0.39 is 5.60 Å². The number of likely N-dealkylation sites (N-methyl/N-ethyl adjacent to an activating group) is 1. The standard InChI is InChI=1S/C21H34N2O4/c1-21(2,3)27-20(24)22(4)12-10-18-8-7-9-19(16-18)26-15-13-23-11-5-6-14-25-17-23/h7-9,16H,5-6,10-15,17H2,1-4H3. The smallest absolute Gasteiger partial charge is 0.410 e. The van der Waals surface area contributed by atoms with Gasteiger partial charge in [-0.3, -0.25) is 4.90 Å². The highest BCUT2D eigenvalue weighted by molar-refractivity contribution is 5.67. The summed E-state index contributed by atoms with van der Waals surface area (Å²) in [6.45, 7) is 10.4. The van der Waals surface area contributed by atoms with E-state index in [1.54, 1.807) is 11.9 Å². The molecule has 1 fully saturated rings. The molecule has 1 aromatic rings. The van der Waals surface area contributed by atoms with Gasteiger partial charge in [0.05, 0.1) is 6.73 Å². The predicted octanol–water partition coefficient (Wildman–Crippen LogP) is 3.54. The van der Waals surface area contributed by atoms with Crippen LogP contribution in [0.5, 0.6) is 5.75 Å². The van der Waals surface area contributed by atoms with Gasteiger partial charge < -0.3 is 19.1 Å². The van der Waals surface area contributed by atoms with Crippen LogP contribution in [-0.4, -0.2) is 68.1 Å². The number of ether oxygens (including phenoxy) is 3. The van der Waals surface area contributed by atoms with Gasteiger partial charge in [-0.05, 0) is 57.7 Å². The Kier molecular flexibility index (Phi) is 8.38. The fourth-order valence-electron chi connectivity index (χ4n) is 2.79. The van der Waals surface area contributed by atoms with Gasteiger partial charge in [0.2, 0.25) is 0 Å². The zero-order chi connectivity index (χ0) is 19.7. The highest BCUT2D eigenvalue weighted by atomic mass is 16.6. The number of carbonyl (C=O) groups excluding carboxylic acids is 1. The Hall–Kier alpha value is -1.79. The van der Waals surface area contributed by atoms with E-state index in [1.807, 2.05) is 39.0 Å².